The van der Waals surface area contributed by atoms with E-state index in [2.05, 4.69) is 144 Å². The SMILES string of the molecule is CC1(C)c2ccccc2-c2c1ccc(-c1[nH+]c3ccccc3s1)c2[O-].CC1(C)c2ccccc2-c2c1ccc(-c1nc3ccccc3s1)c2O.CC1(C)c2ccccc2-c2cc(O)c(-c3nc4ccccc4s3)cc21.[Be+2].[Zn].[Zn]. The molecule has 0 spiro atoms. The van der Waals surface area contributed by atoms with Gasteiger partial charge in [-0.1, -0.05) is 180 Å². The number of nitrogens with one attached hydrogen (secondary N) is 1. The summed E-state index contributed by atoms with van der Waals surface area (Å²) < 4.78 is 3.44. The predicted molar refractivity (Wildman–Crippen MR) is 315 cm³/mol. The number of phenolic OH excluding ortho intramolecular Hbond substituents is 2. The van der Waals surface area contributed by atoms with Gasteiger partial charge in [0.05, 0.1) is 37.1 Å². The van der Waals surface area contributed by atoms with Gasteiger partial charge in [-0.2, -0.15) is 4.98 Å². The van der Waals surface area contributed by atoms with Crippen LogP contribution in [0.25, 0.3) is 95.7 Å². The number of fused-ring (bicyclic) bond motifs is 12. The molecule has 0 unspecified atom stereocenters. The third-order valence-electron chi connectivity index (χ3n) is 15.8. The van der Waals surface area contributed by atoms with E-state index in [0.29, 0.717) is 11.5 Å². The van der Waals surface area contributed by atoms with Gasteiger partial charge >= 0.3 is 10.1 Å². The molecule has 12 heteroatoms. The van der Waals surface area contributed by atoms with Gasteiger partial charge in [0, 0.05) is 66.8 Å². The number of nitrogens with zero attached hydrogens (tertiary/aromatic N) is 2. The smallest absolute Gasteiger partial charge is 0.871 e. The van der Waals surface area contributed by atoms with Crippen LogP contribution in [0.3, 0.4) is 0 Å². The number of aromatic amines is 1. The first-order valence-electron chi connectivity index (χ1n) is 25.2. The van der Waals surface area contributed by atoms with Gasteiger partial charge < -0.3 is 15.3 Å². The van der Waals surface area contributed by atoms with Gasteiger partial charge in [0.1, 0.15) is 26.2 Å². The van der Waals surface area contributed by atoms with Gasteiger partial charge in [-0.15, -0.1) is 22.7 Å². The number of hydrogen-bond acceptors (Lipinski definition) is 8. The number of aromatic hydroxyl groups is 2. The van der Waals surface area contributed by atoms with Crippen molar-refractivity contribution < 1.29 is 59.3 Å². The van der Waals surface area contributed by atoms with Crippen molar-refractivity contribution >= 4 is 74.8 Å². The number of aromatic nitrogens is 3. The molecular formula is C66H51BeN3O3S3Zn2+2. The molecule has 0 amide bonds. The molecule has 3 N–H and O–H groups in total. The molecule has 0 atom stereocenters. The van der Waals surface area contributed by atoms with Gasteiger partial charge in [-0.05, 0) is 116 Å². The molecule has 12 aromatic rings. The second kappa shape index (κ2) is 20.6. The largest absolute Gasteiger partial charge is 2.00 e. The van der Waals surface area contributed by atoms with Gasteiger partial charge in [-0.25, -0.2) is 9.97 Å². The van der Waals surface area contributed by atoms with E-state index in [1.54, 1.807) is 34.0 Å². The van der Waals surface area contributed by atoms with Crippen LogP contribution >= 0.6 is 34.0 Å². The standard InChI is InChI=1S/3C22H17NOS.Be.2Zn/c1-22(2)16-8-4-3-7-13(16)14-12-19(24)15(11-17(14)22)21-23-18-9-5-6-10-20(18)25-21;2*1-22(2)15-8-4-3-7-13(15)19-16(22)12-11-14(20(19)24)21-23-17-9-5-6-10-18(17)25-21;;;/h3*3-12,24H,1-2H3;;;/q;;;+2;;. The fourth-order valence-corrected chi connectivity index (χ4v) is 14.8. The summed E-state index contributed by atoms with van der Waals surface area (Å²) >= 11 is 4.88. The maximum Gasteiger partial charge on any atom is 2.00 e. The van der Waals surface area contributed by atoms with Crippen LogP contribution in [0.4, 0.5) is 0 Å². The Morgan fingerprint density at radius 3 is 1.44 bits per heavy atom. The second-order valence-corrected chi connectivity index (χ2v) is 24.3. The number of thiazole rings is 3. The Bertz CT molecular complexity index is 4030. The zero-order valence-electron chi connectivity index (χ0n) is 44.4. The van der Waals surface area contributed by atoms with E-state index in [1.165, 1.54) is 33.4 Å². The fraction of sp³-hybridized carbons (Fsp3) is 0.136. The summed E-state index contributed by atoms with van der Waals surface area (Å²) in [5.74, 6) is 0.762. The third kappa shape index (κ3) is 8.70. The van der Waals surface area contributed by atoms with Crippen LogP contribution in [0, 0.1) is 0 Å². The molecule has 6 nitrogen and oxygen atoms in total. The number of benzene rings is 9. The summed E-state index contributed by atoms with van der Waals surface area (Å²) in [6.07, 6.45) is 0. The Morgan fingerprint density at radius 2 is 0.859 bits per heavy atom. The molecule has 0 saturated carbocycles. The molecule has 0 radical (unpaired) electrons. The van der Waals surface area contributed by atoms with Crippen LogP contribution < -0.4 is 10.1 Å². The van der Waals surface area contributed by atoms with Crippen LogP contribution in [0.5, 0.6) is 17.2 Å². The Morgan fingerprint density at radius 1 is 0.410 bits per heavy atom. The van der Waals surface area contributed by atoms with Crippen molar-refractivity contribution in [3.8, 4) is 82.3 Å². The second-order valence-electron chi connectivity index (χ2n) is 21.2. The van der Waals surface area contributed by atoms with Gasteiger partial charge in [-0.3, -0.25) is 0 Å². The molecule has 3 aromatic heterocycles. The van der Waals surface area contributed by atoms with Gasteiger partial charge in [0.2, 0.25) is 5.52 Å². The molecule has 3 aliphatic rings. The van der Waals surface area contributed by atoms with Crippen molar-refractivity contribution in [3.63, 3.8) is 0 Å². The van der Waals surface area contributed by atoms with Crippen molar-refractivity contribution in [2.24, 2.45) is 0 Å². The summed E-state index contributed by atoms with van der Waals surface area (Å²) in [5, 5.41) is 37.9. The fourth-order valence-electron chi connectivity index (χ4n) is 11.8. The Labute approximate surface area is 495 Å². The summed E-state index contributed by atoms with van der Waals surface area (Å²) in [7, 11) is 0. The first-order valence-corrected chi connectivity index (χ1v) is 27.7. The molecule has 15 rings (SSSR count). The minimum absolute atomic E-state index is 0. The van der Waals surface area contributed by atoms with Crippen LogP contribution in [0.1, 0.15) is 74.9 Å². The average molecular weight is 1170 g/mol. The Kier molecular flexibility index (Phi) is 14.5. The summed E-state index contributed by atoms with van der Waals surface area (Å²) in [4.78, 5) is 12.9. The predicted octanol–water partition coefficient (Wildman–Crippen LogP) is 16.3. The topological polar surface area (TPSA) is 103 Å². The van der Waals surface area contributed by atoms with Crippen molar-refractivity contribution in [1.29, 1.82) is 0 Å². The Balaban J connectivity index is 0.000000130. The van der Waals surface area contributed by atoms with E-state index < -0.39 is 0 Å². The molecule has 3 aliphatic carbocycles. The molecule has 3 heterocycles. The number of hydrogen-bond donors (Lipinski definition) is 2. The zero-order valence-corrected chi connectivity index (χ0v) is 52.7. The molecule has 0 fully saturated rings. The van der Waals surface area contributed by atoms with E-state index in [4.69, 9.17) is 9.97 Å². The maximum atomic E-state index is 13.4. The van der Waals surface area contributed by atoms with E-state index >= 15 is 0 Å². The van der Waals surface area contributed by atoms with Crippen LogP contribution in [-0.2, 0) is 55.2 Å². The van der Waals surface area contributed by atoms with Gasteiger partial charge in [0.25, 0.3) is 5.01 Å². The van der Waals surface area contributed by atoms with Crippen molar-refractivity contribution in [2.75, 3.05) is 0 Å². The summed E-state index contributed by atoms with van der Waals surface area (Å²) in [6.45, 7) is 13.3. The Hall–Kier alpha value is -6.53. The monoisotopic (exact) mass is 1170 g/mol. The molecular weight excluding hydrogens is 1120 g/mol. The third-order valence-corrected chi connectivity index (χ3v) is 19.0. The van der Waals surface area contributed by atoms with Crippen molar-refractivity contribution in [2.45, 2.75) is 57.8 Å². The minimum atomic E-state index is -0.131. The number of rotatable bonds is 3. The van der Waals surface area contributed by atoms with E-state index in [-0.39, 0.29) is 71.1 Å². The summed E-state index contributed by atoms with van der Waals surface area (Å²) in [5.41, 5.74) is 18.8. The van der Waals surface area contributed by atoms with Crippen LogP contribution in [0.2, 0.25) is 0 Å². The van der Waals surface area contributed by atoms with E-state index in [1.807, 2.05) is 84.9 Å². The molecule has 9 aromatic carbocycles. The first-order chi connectivity index (χ1) is 36.2. The van der Waals surface area contributed by atoms with Gasteiger partial charge in [0.15, 0.2) is 0 Å². The average Bonchev–Trinajstić information content (AvgIpc) is 4.46. The van der Waals surface area contributed by atoms with E-state index in [9.17, 15) is 15.3 Å². The maximum absolute atomic E-state index is 13.4. The number of para-hydroxylation sites is 3. The molecule has 78 heavy (non-hydrogen) atoms. The van der Waals surface area contributed by atoms with E-state index in [0.717, 1.165) is 95.7 Å². The summed E-state index contributed by atoms with van der Waals surface area (Å²) in [6, 6.07) is 61.8. The first kappa shape index (κ1) is 54.8. The number of H-pyrrole nitrogens is 1. The quantitative estimate of drug-likeness (QED) is 0.172. The van der Waals surface area contributed by atoms with Crippen LogP contribution in [0.15, 0.2) is 182 Å². The van der Waals surface area contributed by atoms with Crippen molar-refractivity contribution in [3.05, 3.63) is 215 Å². The number of phenols is 2. The van der Waals surface area contributed by atoms with Crippen molar-refractivity contribution in [1.82, 2.24) is 9.97 Å². The molecule has 0 aliphatic heterocycles. The molecule has 0 bridgehead atoms. The van der Waals surface area contributed by atoms with Crippen LogP contribution in [-0.4, -0.2) is 30.3 Å². The normalized spacial score (nSPS) is 13.9. The molecule has 370 valence electrons. The zero-order chi connectivity index (χ0) is 51.5. The molecule has 0 saturated heterocycles. The minimum Gasteiger partial charge on any atom is -0.871 e.